The van der Waals surface area contributed by atoms with Gasteiger partial charge in [-0.05, 0) is 31.9 Å². The Balaban J connectivity index is 1.93. The molecule has 0 fully saturated rings. The summed E-state index contributed by atoms with van der Waals surface area (Å²) in [4.78, 5) is 17.7. The van der Waals surface area contributed by atoms with E-state index in [9.17, 15) is 9.90 Å². The Hall–Kier alpha value is -3.10. The molecule has 154 valence electrons. The first-order chi connectivity index (χ1) is 14.4. The van der Waals surface area contributed by atoms with Gasteiger partial charge in [0.25, 0.3) is 0 Å². The van der Waals surface area contributed by atoms with Crippen LogP contribution in [0.25, 0.3) is 11.1 Å². The van der Waals surface area contributed by atoms with Gasteiger partial charge in [0.2, 0.25) is 0 Å². The molecule has 30 heavy (non-hydrogen) atoms. The van der Waals surface area contributed by atoms with E-state index >= 15 is 0 Å². The third-order valence-electron chi connectivity index (χ3n) is 5.24. The van der Waals surface area contributed by atoms with Crippen LogP contribution in [0, 0.1) is 20.8 Å². The first kappa shape index (κ1) is 20.2. The van der Waals surface area contributed by atoms with Crippen molar-refractivity contribution in [1.82, 2.24) is 14.8 Å². The molecule has 0 unspecified atom stereocenters. The molecule has 3 heterocycles. The zero-order valence-electron chi connectivity index (χ0n) is 17.1. The highest BCUT2D eigenvalue weighted by Crippen LogP contribution is 2.39. The van der Waals surface area contributed by atoms with Crippen LogP contribution in [0.4, 0.5) is 0 Å². The van der Waals surface area contributed by atoms with Gasteiger partial charge in [-0.2, -0.15) is 0 Å². The van der Waals surface area contributed by atoms with Crippen LogP contribution in [0.5, 0.6) is 0 Å². The zero-order valence-corrected chi connectivity index (χ0v) is 17.9. The van der Waals surface area contributed by atoms with Crippen molar-refractivity contribution in [3.8, 4) is 5.00 Å². The molecule has 0 aliphatic carbocycles. The number of carboxylic acids is 1. The molecule has 0 radical (unpaired) electrons. The molecule has 8 heteroatoms. The number of aromatic nitrogens is 3. The van der Waals surface area contributed by atoms with Gasteiger partial charge in [-0.15, -0.1) is 21.5 Å². The number of rotatable bonds is 5. The highest BCUT2D eigenvalue weighted by molar-refractivity contribution is 7.15. The summed E-state index contributed by atoms with van der Waals surface area (Å²) in [6.45, 7) is 6.53. The van der Waals surface area contributed by atoms with Gasteiger partial charge in [0.1, 0.15) is 16.9 Å². The summed E-state index contributed by atoms with van der Waals surface area (Å²) in [5.41, 5.74) is 10.5. The second-order valence-corrected chi connectivity index (χ2v) is 8.46. The number of hydrogen-bond acceptors (Lipinski definition) is 6. The van der Waals surface area contributed by atoms with Gasteiger partial charge in [-0.1, -0.05) is 36.4 Å². The van der Waals surface area contributed by atoms with E-state index in [2.05, 4.69) is 24.0 Å². The van der Waals surface area contributed by atoms with Crippen molar-refractivity contribution < 1.29 is 9.90 Å². The van der Waals surface area contributed by atoms with E-state index in [0.29, 0.717) is 12.4 Å². The van der Waals surface area contributed by atoms with Crippen LogP contribution in [0.15, 0.2) is 35.3 Å². The lowest BCUT2D eigenvalue weighted by atomic mass is 9.98. The van der Waals surface area contributed by atoms with Crippen LogP contribution in [-0.2, 0) is 4.79 Å². The maximum Gasteiger partial charge on any atom is 0.306 e. The summed E-state index contributed by atoms with van der Waals surface area (Å²) in [7, 11) is 0. The Morgan fingerprint density at radius 3 is 2.63 bits per heavy atom. The average Bonchev–Trinajstić information content (AvgIpc) is 3.19. The predicted octanol–water partition coefficient (Wildman–Crippen LogP) is 3.59. The summed E-state index contributed by atoms with van der Waals surface area (Å²) in [5.74, 6) is 0.368. The van der Waals surface area contributed by atoms with Gasteiger partial charge >= 0.3 is 5.97 Å². The fourth-order valence-corrected chi connectivity index (χ4v) is 4.86. The van der Waals surface area contributed by atoms with Crippen LogP contribution < -0.4 is 5.73 Å². The topological polar surface area (TPSA) is 106 Å². The van der Waals surface area contributed by atoms with Crippen LogP contribution >= 0.6 is 11.3 Å². The fourth-order valence-electron chi connectivity index (χ4n) is 3.65. The van der Waals surface area contributed by atoms with Crippen LogP contribution in [0.3, 0.4) is 0 Å². The third kappa shape index (κ3) is 3.48. The molecule has 0 amide bonds. The number of aliphatic carboxylic acids is 1. The number of benzene rings is 1. The van der Waals surface area contributed by atoms with E-state index < -0.39 is 12.0 Å². The van der Waals surface area contributed by atoms with Gasteiger partial charge in [0.15, 0.2) is 5.82 Å². The van der Waals surface area contributed by atoms with E-state index in [1.165, 1.54) is 4.88 Å². The monoisotopic (exact) mass is 421 g/mol. The summed E-state index contributed by atoms with van der Waals surface area (Å²) < 4.78 is 1.96. The number of hydrogen-bond donors (Lipinski definition) is 2. The van der Waals surface area contributed by atoms with Gasteiger partial charge in [0.05, 0.1) is 12.1 Å². The van der Waals surface area contributed by atoms with Gasteiger partial charge in [-0.25, -0.2) is 0 Å². The van der Waals surface area contributed by atoms with Gasteiger partial charge in [-0.3, -0.25) is 14.4 Å². The number of nitrogens with zero attached hydrogens (tertiary/aromatic N) is 4. The quantitative estimate of drug-likeness (QED) is 0.655. The summed E-state index contributed by atoms with van der Waals surface area (Å²) in [5, 5.41) is 19.0. The lowest BCUT2D eigenvalue weighted by molar-refractivity contribution is -0.137. The first-order valence-electron chi connectivity index (χ1n) is 9.70. The average molecular weight is 422 g/mol. The zero-order chi connectivity index (χ0) is 21.4. The Bertz CT molecular complexity index is 1170. The Morgan fingerprint density at radius 1 is 1.23 bits per heavy atom. The van der Waals surface area contributed by atoms with Gasteiger partial charge < -0.3 is 10.8 Å². The van der Waals surface area contributed by atoms with Crippen molar-refractivity contribution in [1.29, 1.82) is 0 Å². The predicted molar refractivity (Wildman–Crippen MR) is 119 cm³/mol. The summed E-state index contributed by atoms with van der Waals surface area (Å²) in [6, 6.07) is 7.45. The minimum atomic E-state index is -0.921. The highest BCUT2D eigenvalue weighted by atomic mass is 32.1. The second-order valence-electron chi connectivity index (χ2n) is 7.26. The molecule has 4 rings (SSSR count). The molecule has 0 spiro atoms. The molecule has 3 N–H and O–H groups in total. The van der Waals surface area contributed by atoms with Gasteiger partial charge in [0, 0.05) is 22.5 Å². The number of thiophene rings is 1. The van der Waals surface area contributed by atoms with Crippen molar-refractivity contribution in [3.63, 3.8) is 0 Å². The molecule has 1 atom stereocenters. The molecule has 3 aromatic rings. The molecule has 0 saturated carbocycles. The molecule has 0 saturated heterocycles. The minimum Gasteiger partial charge on any atom is -0.481 e. The Kier molecular flexibility index (Phi) is 5.36. The number of nitrogens with two attached hydrogens (primary N) is 1. The standard InChI is InChI=1S/C22H23N5O2S/c1-12-13(2)30-22-19(12)20(16-8-6-15(7-9-16)5-4-10-23)24-17(11-18(28)29)21-26-25-14(3)27(21)22/h4-9,17H,10-11,23H2,1-3H3,(H,28,29)/b5-4+/t17-/m1/s1. The lowest BCUT2D eigenvalue weighted by Gasteiger charge is -2.11. The van der Waals surface area contributed by atoms with E-state index in [4.69, 9.17) is 10.7 Å². The molecular formula is C22H23N5O2S. The molecule has 1 aliphatic rings. The SMILES string of the molecule is Cc1sc2c(c1C)C(c1ccc(/C=C/CN)cc1)=N[C@H](CC(=O)O)c1nnc(C)n1-2. The smallest absolute Gasteiger partial charge is 0.306 e. The van der Waals surface area contributed by atoms with E-state index in [1.54, 1.807) is 11.3 Å². The normalized spacial score (nSPS) is 15.6. The van der Waals surface area contributed by atoms with Crippen molar-refractivity contribution in [3.05, 3.63) is 69.1 Å². The largest absolute Gasteiger partial charge is 0.481 e. The van der Waals surface area contributed by atoms with Crippen molar-refractivity contribution >= 4 is 29.1 Å². The number of fused-ring (bicyclic) bond motifs is 3. The summed E-state index contributed by atoms with van der Waals surface area (Å²) >= 11 is 1.65. The summed E-state index contributed by atoms with van der Waals surface area (Å²) in [6.07, 6.45) is 3.73. The minimum absolute atomic E-state index is 0.147. The third-order valence-corrected chi connectivity index (χ3v) is 6.43. The number of aliphatic imine (C=N–C) groups is 1. The molecular weight excluding hydrogens is 398 g/mol. The van der Waals surface area contributed by atoms with E-state index in [-0.39, 0.29) is 6.42 Å². The maximum atomic E-state index is 11.6. The van der Waals surface area contributed by atoms with Crippen molar-refractivity contribution in [2.45, 2.75) is 33.2 Å². The Labute approximate surface area is 178 Å². The number of carbonyl (C=O) groups is 1. The maximum absolute atomic E-state index is 11.6. The fraction of sp³-hybridized carbons (Fsp3) is 0.273. The molecule has 7 nitrogen and oxygen atoms in total. The molecule has 1 aromatic carbocycles. The van der Waals surface area contributed by atoms with E-state index in [1.807, 2.05) is 47.9 Å². The molecule has 0 bridgehead atoms. The second kappa shape index (κ2) is 7.97. The Morgan fingerprint density at radius 2 is 1.97 bits per heavy atom. The first-order valence-corrected chi connectivity index (χ1v) is 10.5. The van der Waals surface area contributed by atoms with E-state index in [0.717, 1.165) is 38.8 Å². The highest BCUT2D eigenvalue weighted by Gasteiger charge is 2.32. The van der Waals surface area contributed by atoms with Crippen LogP contribution in [0.2, 0.25) is 0 Å². The number of aryl methyl sites for hydroxylation is 2. The van der Waals surface area contributed by atoms with Crippen molar-refractivity contribution in [2.75, 3.05) is 6.54 Å². The number of carboxylic acid groups (broad SMARTS) is 1. The van der Waals surface area contributed by atoms with Crippen LogP contribution in [0.1, 0.15) is 51.2 Å². The molecule has 1 aliphatic heterocycles. The lowest BCUT2D eigenvalue weighted by Crippen LogP contribution is -2.10. The van der Waals surface area contributed by atoms with Crippen LogP contribution in [-0.4, -0.2) is 38.1 Å². The molecule has 2 aromatic heterocycles. The van der Waals surface area contributed by atoms with Crippen molar-refractivity contribution in [2.24, 2.45) is 10.7 Å².